The first-order valence-corrected chi connectivity index (χ1v) is 4.28. The molecule has 0 heterocycles. The van der Waals surface area contributed by atoms with Crippen molar-refractivity contribution in [2.75, 3.05) is 0 Å². The van der Waals surface area contributed by atoms with Gasteiger partial charge in [-0.15, -0.1) is 0 Å². The molecule has 96 valence electrons. The number of carboxylic acid groups (broad SMARTS) is 4. The maximum atomic E-state index is 10.8. The van der Waals surface area contributed by atoms with Crippen LogP contribution in [-0.4, -0.2) is 44.3 Å². The minimum absolute atomic E-state index is 0.432. The number of carbonyl (C=O) groups is 4. The average molecular weight is 256 g/mol. The van der Waals surface area contributed by atoms with Crippen LogP contribution in [0.2, 0.25) is 0 Å². The third-order valence-electron chi connectivity index (χ3n) is 1.54. The molecule has 0 bridgehead atoms. The number of carboxylic acids is 4. The monoisotopic (exact) mass is 256 g/mol. The molecule has 0 aromatic heterocycles. The molecule has 0 aliphatic heterocycles. The molecule has 0 aliphatic rings. The van der Waals surface area contributed by atoms with Gasteiger partial charge in [-0.1, -0.05) is 0 Å². The van der Waals surface area contributed by atoms with Crippen molar-refractivity contribution in [3.8, 4) is 0 Å². The van der Waals surface area contributed by atoms with E-state index in [9.17, 15) is 19.2 Å². The van der Waals surface area contributed by atoms with Gasteiger partial charge in [-0.05, 0) is 12.2 Å². The number of hydrogen-bond acceptors (Lipinski definition) is 4. The van der Waals surface area contributed by atoms with E-state index in [-0.39, 0.29) is 0 Å². The summed E-state index contributed by atoms with van der Waals surface area (Å²) in [6, 6.07) is 0. The molecule has 4 N–H and O–H groups in total. The standard InChI is InChI=1S/C10H8O8/c11-7(12)3-1-5(9(15)16)6(10(17)18)2-4-8(13)14/h1-4H,(H,11,12)(H,13,14)(H,15,16)(H,17,18). The predicted octanol–water partition coefficient (Wildman–Crippen LogP) is -0.266. The van der Waals surface area contributed by atoms with Gasteiger partial charge in [-0.3, -0.25) is 0 Å². The Hall–Kier alpha value is -2.90. The molecule has 0 fully saturated rings. The maximum absolute atomic E-state index is 10.8. The van der Waals surface area contributed by atoms with Gasteiger partial charge in [0.1, 0.15) is 0 Å². The van der Waals surface area contributed by atoms with E-state index in [1.54, 1.807) is 0 Å². The van der Waals surface area contributed by atoms with Gasteiger partial charge < -0.3 is 20.4 Å². The van der Waals surface area contributed by atoms with E-state index in [0.717, 1.165) is 0 Å². The first-order valence-electron chi connectivity index (χ1n) is 4.28. The van der Waals surface area contributed by atoms with Crippen LogP contribution in [-0.2, 0) is 19.2 Å². The zero-order chi connectivity index (χ0) is 14.3. The first-order chi connectivity index (χ1) is 8.25. The summed E-state index contributed by atoms with van der Waals surface area (Å²) in [5.74, 6) is -6.33. The number of rotatable bonds is 6. The Balaban J connectivity index is 5.73. The van der Waals surface area contributed by atoms with Gasteiger partial charge in [0.05, 0.1) is 11.1 Å². The zero-order valence-electron chi connectivity index (χ0n) is 8.73. The summed E-state index contributed by atoms with van der Waals surface area (Å²) >= 11 is 0. The fourth-order valence-corrected chi connectivity index (χ4v) is 0.862. The Kier molecular flexibility index (Phi) is 5.56. The van der Waals surface area contributed by atoms with Gasteiger partial charge in [0.15, 0.2) is 0 Å². The molecule has 8 heteroatoms. The van der Waals surface area contributed by atoms with E-state index in [1.807, 2.05) is 0 Å². The van der Waals surface area contributed by atoms with Gasteiger partial charge in [-0.25, -0.2) is 19.2 Å². The van der Waals surface area contributed by atoms with Crippen molar-refractivity contribution in [1.82, 2.24) is 0 Å². The SMILES string of the molecule is O=C(O)C=CC(C(=O)O)=C(C=CC(=O)O)C(=O)O. The van der Waals surface area contributed by atoms with Gasteiger partial charge in [-0.2, -0.15) is 0 Å². The lowest BCUT2D eigenvalue weighted by Crippen LogP contribution is -2.09. The molecular weight excluding hydrogens is 248 g/mol. The molecule has 0 amide bonds. The lowest BCUT2D eigenvalue weighted by molar-refractivity contribution is -0.135. The zero-order valence-corrected chi connectivity index (χ0v) is 8.73. The minimum atomic E-state index is -1.69. The topological polar surface area (TPSA) is 149 Å². The van der Waals surface area contributed by atoms with Crippen LogP contribution >= 0.6 is 0 Å². The van der Waals surface area contributed by atoms with Crippen LogP contribution in [0.4, 0.5) is 0 Å². The van der Waals surface area contributed by atoms with Crippen LogP contribution in [0.25, 0.3) is 0 Å². The number of aliphatic carboxylic acids is 4. The molecule has 0 saturated heterocycles. The number of hydrogen-bond donors (Lipinski definition) is 4. The van der Waals surface area contributed by atoms with Crippen LogP contribution in [0, 0.1) is 0 Å². The smallest absolute Gasteiger partial charge is 0.336 e. The van der Waals surface area contributed by atoms with Crippen LogP contribution in [0.3, 0.4) is 0 Å². The highest BCUT2D eigenvalue weighted by molar-refractivity contribution is 6.04. The molecule has 0 atom stereocenters. The first kappa shape index (κ1) is 15.1. The average Bonchev–Trinajstić information content (AvgIpc) is 2.20. The molecule has 0 aromatic rings. The van der Waals surface area contributed by atoms with Crippen molar-refractivity contribution in [1.29, 1.82) is 0 Å². The quantitative estimate of drug-likeness (QED) is 0.374. The normalized spacial score (nSPS) is 12.4. The van der Waals surface area contributed by atoms with Crippen molar-refractivity contribution in [2.45, 2.75) is 0 Å². The van der Waals surface area contributed by atoms with Crippen molar-refractivity contribution in [2.24, 2.45) is 0 Å². The summed E-state index contributed by atoms with van der Waals surface area (Å²) in [4.78, 5) is 42.0. The maximum Gasteiger partial charge on any atom is 0.336 e. The van der Waals surface area contributed by atoms with Gasteiger partial charge in [0, 0.05) is 12.2 Å². The summed E-state index contributed by atoms with van der Waals surface area (Å²) in [7, 11) is 0. The van der Waals surface area contributed by atoms with Crippen LogP contribution in [0.15, 0.2) is 35.5 Å². The summed E-state index contributed by atoms with van der Waals surface area (Å²) in [6.45, 7) is 0. The highest BCUT2D eigenvalue weighted by Gasteiger charge is 2.16. The molecule has 0 aromatic carbocycles. The molecular formula is C10H8O8. The third-order valence-corrected chi connectivity index (χ3v) is 1.54. The van der Waals surface area contributed by atoms with Crippen LogP contribution in [0.1, 0.15) is 0 Å². The largest absolute Gasteiger partial charge is 0.478 e. The second-order valence-corrected chi connectivity index (χ2v) is 2.78. The van der Waals surface area contributed by atoms with Crippen molar-refractivity contribution < 1.29 is 39.6 Å². The molecule has 0 rings (SSSR count). The fourth-order valence-electron chi connectivity index (χ4n) is 0.862. The molecule has 0 saturated carbocycles. The van der Waals surface area contributed by atoms with Gasteiger partial charge in [0.25, 0.3) is 0 Å². The van der Waals surface area contributed by atoms with Crippen LogP contribution < -0.4 is 0 Å². The van der Waals surface area contributed by atoms with E-state index in [1.165, 1.54) is 0 Å². The second kappa shape index (κ2) is 6.63. The van der Waals surface area contributed by atoms with Gasteiger partial charge >= 0.3 is 23.9 Å². The lowest BCUT2D eigenvalue weighted by atomic mass is 10.1. The Morgan fingerprint density at radius 3 is 1.00 bits per heavy atom. The molecule has 0 aliphatic carbocycles. The van der Waals surface area contributed by atoms with Crippen LogP contribution in [0.5, 0.6) is 0 Å². The van der Waals surface area contributed by atoms with E-state index < -0.39 is 35.0 Å². The Bertz CT molecular complexity index is 436. The second-order valence-electron chi connectivity index (χ2n) is 2.78. The summed E-state index contributed by atoms with van der Waals surface area (Å²) in [5.41, 5.74) is -1.69. The molecule has 18 heavy (non-hydrogen) atoms. The fraction of sp³-hybridized carbons (Fsp3) is 0. The van der Waals surface area contributed by atoms with E-state index in [2.05, 4.69) is 0 Å². The molecule has 0 unspecified atom stereocenters. The third kappa shape index (κ3) is 5.26. The highest BCUT2D eigenvalue weighted by atomic mass is 16.4. The lowest BCUT2D eigenvalue weighted by Gasteiger charge is -1.99. The minimum Gasteiger partial charge on any atom is -0.478 e. The van der Waals surface area contributed by atoms with Gasteiger partial charge in [0.2, 0.25) is 0 Å². The Morgan fingerprint density at radius 2 is 0.833 bits per heavy atom. The molecule has 8 nitrogen and oxygen atoms in total. The summed E-state index contributed by atoms with van der Waals surface area (Å²) in [6.07, 6.45) is 1.97. The highest BCUT2D eigenvalue weighted by Crippen LogP contribution is 2.09. The Labute approximate surface area is 99.8 Å². The molecule has 0 radical (unpaired) electrons. The summed E-state index contributed by atoms with van der Waals surface area (Å²) < 4.78 is 0. The van der Waals surface area contributed by atoms with Crippen molar-refractivity contribution in [3.05, 3.63) is 35.5 Å². The predicted molar refractivity (Wildman–Crippen MR) is 55.8 cm³/mol. The van der Waals surface area contributed by atoms with Crippen molar-refractivity contribution >= 4 is 23.9 Å². The Morgan fingerprint density at radius 1 is 0.556 bits per heavy atom. The van der Waals surface area contributed by atoms with Crippen molar-refractivity contribution in [3.63, 3.8) is 0 Å². The van der Waals surface area contributed by atoms with E-state index in [4.69, 9.17) is 20.4 Å². The molecule has 0 spiro atoms. The summed E-state index contributed by atoms with van der Waals surface area (Å²) in [5, 5.41) is 34.1. The van der Waals surface area contributed by atoms with E-state index in [0.29, 0.717) is 24.3 Å². The van der Waals surface area contributed by atoms with E-state index >= 15 is 0 Å².